The zero-order valence-corrected chi connectivity index (χ0v) is 9.29. The van der Waals surface area contributed by atoms with Gasteiger partial charge in [-0.15, -0.1) is 0 Å². The minimum absolute atomic E-state index is 0. The van der Waals surface area contributed by atoms with E-state index in [1.165, 1.54) is 0 Å². The summed E-state index contributed by atoms with van der Waals surface area (Å²) in [4.78, 5) is 0. The van der Waals surface area contributed by atoms with Crippen LogP contribution in [0.2, 0.25) is 0 Å². The topological polar surface area (TPSA) is 64.5 Å². The van der Waals surface area contributed by atoms with Crippen LogP contribution in [0.5, 0.6) is 0 Å². The lowest BCUT2D eigenvalue weighted by Gasteiger charge is -2.17. The Hall–Kier alpha value is -0.160. The van der Waals surface area contributed by atoms with Gasteiger partial charge in [-0.2, -0.15) is 0 Å². The quantitative estimate of drug-likeness (QED) is 0.423. The van der Waals surface area contributed by atoms with E-state index in [2.05, 4.69) is 10.6 Å². The second-order valence-electron chi connectivity index (χ2n) is 3.48. The maximum atomic E-state index is 8.90. The van der Waals surface area contributed by atoms with Crippen LogP contribution in [0.3, 0.4) is 0 Å². The van der Waals surface area contributed by atoms with Crippen LogP contribution in [0, 0.1) is 0 Å². The minimum atomic E-state index is 0. The zero-order valence-electron chi connectivity index (χ0n) is 9.29. The van der Waals surface area contributed by atoms with Gasteiger partial charge in [0, 0.05) is 25.2 Å². The van der Waals surface area contributed by atoms with Crippen molar-refractivity contribution in [2.75, 3.05) is 26.3 Å². The van der Waals surface area contributed by atoms with Crippen LogP contribution >= 0.6 is 0 Å². The molecule has 2 atom stereocenters. The highest BCUT2D eigenvalue weighted by molar-refractivity contribution is 4.67. The van der Waals surface area contributed by atoms with Crippen molar-refractivity contribution in [1.29, 1.82) is 0 Å². The maximum Gasteiger partial charge on any atom is 0.0584 e. The van der Waals surface area contributed by atoms with E-state index in [0.29, 0.717) is 0 Å². The van der Waals surface area contributed by atoms with E-state index in [0.717, 1.165) is 25.9 Å². The third kappa shape index (κ3) is 8.81. The summed E-state index contributed by atoms with van der Waals surface area (Å²) in [6, 6.07) is 0.400. The average Bonchev–Trinajstić information content (AvgIpc) is 2.24. The third-order valence-electron chi connectivity index (χ3n) is 2.42. The van der Waals surface area contributed by atoms with Crippen LogP contribution in [0.25, 0.3) is 0 Å². The molecule has 4 heteroatoms. The fraction of sp³-hybridized carbons (Fsp3) is 1.00. The molecule has 0 aliphatic heterocycles. The molecule has 0 aliphatic rings. The Morgan fingerprint density at radius 2 is 1.20 bits per heavy atom. The number of aliphatic hydroxyl groups excluding tert-OH is 2. The number of hydrogen-bond acceptors (Lipinski definition) is 4. The highest BCUT2D eigenvalue weighted by Gasteiger charge is 2.04. The zero-order chi connectivity index (χ0) is 10.8. The molecule has 0 bridgehead atoms. The van der Waals surface area contributed by atoms with E-state index in [4.69, 9.17) is 10.2 Å². The van der Waals surface area contributed by atoms with Crippen molar-refractivity contribution in [3.63, 3.8) is 0 Å². The Bertz CT molecular complexity index is 101. The van der Waals surface area contributed by atoms with Gasteiger partial charge in [0.2, 0.25) is 0 Å². The summed E-state index contributed by atoms with van der Waals surface area (Å²) < 4.78 is 0. The smallest absolute Gasteiger partial charge is 0.0584 e. The number of nitrogens with one attached hydrogen (secondary N) is 2. The number of rotatable bonds is 9. The van der Waals surface area contributed by atoms with Gasteiger partial charge in [-0.1, -0.05) is 21.3 Å². The molecular formula is C11H28N2O2. The van der Waals surface area contributed by atoms with E-state index in [1.807, 2.05) is 13.8 Å². The van der Waals surface area contributed by atoms with E-state index < -0.39 is 0 Å². The molecule has 0 radical (unpaired) electrons. The van der Waals surface area contributed by atoms with Crippen LogP contribution in [-0.2, 0) is 0 Å². The Morgan fingerprint density at radius 1 is 0.867 bits per heavy atom. The standard InChI is InChI=1S/C10H24N2O2.CH4/c1-3-9(7-13)11-5-6-12-10(4-2)8-14;/h9-14H,3-8H2,1-2H3;1H4. The lowest BCUT2D eigenvalue weighted by atomic mass is 10.2. The fourth-order valence-electron chi connectivity index (χ4n) is 1.23. The molecule has 0 aromatic rings. The van der Waals surface area contributed by atoms with Crippen molar-refractivity contribution >= 4 is 0 Å². The van der Waals surface area contributed by atoms with Crippen molar-refractivity contribution in [3.05, 3.63) is 0 Å². The lowest BCUT2D eigenvalue weighted by Crippen LogP contribution is -2.40. The van der Waals surface area contributed by atoms with Gasteiger partial charge in [0.15, 0.2) is 0 Å². The van der Waals surface area contributed by atoms with Crippen LogP contribution in [0.4, 0.5) is 0 Å². The number of aliphatic hydroxyl groups is 2. The molecule has 0 spiro atoms. The average molecular weight is 220 g/mol. The van der Waals surface area contributed by atoms with E-state index in [1.54, 1.807) is 0 Å². The minimum Gasteiger partial charge on any atom is -0.395 e. The fourth-order valence-corrected chi connectivity index (χ4v) is 1.23. The van der Waals surface area contributed by atoms with Gasteiger partial charge in [0.1, 0.15) is 0 Å². The van der Waals surface area contributed by atoms with Crippen LogP contribution < -0.4 is 10.6 Å². The van der Waals surface area contributed by atoms with Crippen molar-refractivity contribution in [2.24, 2.45) is 0 Å². The largest absolute Gasteiger partial charge is 0.395 e. The molecule has 0 saturated heterocycles. The first kappa shape index (κ1) is 17.2. The van der Waals surface area contributed by atoms with Crippen LogP contribution in [0.15, 0.2) is 0 Å². The Kier molecular flexibility index (Phi) is 13.7. The van der Waals surface area contributed by atoms with Gasteiger partial charge < -0.3 is 20.8 Å². The lowest BCUT2D eigenvalue weighted by molar-refractivity contribution is 0.229. The van der Waals surface area contributed by atoms with Gasteiger partial charge in [-0.05, 0) is 12.8 Å². The Labute approximate surface area is 94.1 Å². The molecule has 94 valence electrons. The SMILES string of the molecule is C.CCC(CO)NCCNC(CC)CO. The summed E-state index contributed by atoms with van der Waals surface area (Å²) in [5, 5.41) is 24.3. The summed E-state index contributed by atoms with van der Waals surface area (Å²) in [5.74, 6) is 0. The van der Waals surface area contributed by atoms with Crippen molar-refractivity contribution in [1.82, 2.24) is 10.6 Å². The van der Waals surface area contributed by atoms with Gasteiger partial charge in [-0.3, -0.25) is 0 Å². The van der Waals surface area contributed by atoms with Gasteiger partial charge in [0.05, 0.1) is 13.2 Å². The molecule has 2 unspecified atom stereocenters. The molecule has 4 N–H and O–H groups in total. The molecule has 0 aromatic carbocycles. The predicted molar refractivity (Wildman–Crippen MR) is 65.1 cm³/mol. The molecule has 0 fully saturated rings. The molecular weight excluding hydrogens is 192 g/mol. The first-order valence-electron chi connectivity index (χ1n) is 5.46. The van der Waals surface area contributed by atoms with Gasteiger partial charge in [-0.25, -0.2) is 0 Å². The monoisotopic (exact) mass is 220 g/mol. The molecule has 0 rings (SSSR count). The van der Waals surface area contributed by atoms with E-state index >= 15 is 0 Å². The summed E-state index contributed by atoms with van der Waals surface area (Å²) in [6.45, 7) is 6.13. The highest BCUT2D eigenvalue weighted by Crippen LogP contribution is 1.89. The normalized spacial score (nSPS) is 14.4. The molecule has 15 heavy (non-hydrogen) atoms. The third-order valence-corrected chi connectivity index (χ3v) is 2.42. The summed E-state index contributed by atoms with van der Waals surface area (Å²) in [7, 11) is 0. The first-order valence-corrected chi connectivity index (χ1v) is 5.46. The summed E-state index contributed by atoms with van der Waals surface area (Å²) in [6.07, 6.45) is 1.88. The van der Waals surface area contributed by atoms with Crippen LogP contribution in [0.1, 0.15) is 34.1 Å². The molecule has 0 saturated carbocycles. The first-order chi connectivity index (χ1) is 6.78. The van der Waals surface area contributed by atoms with E-state index in [-0.39, 0.29) is 32.7 Å². The molecule has 0 aromatic heterocycles. The van der Waals surface area contributed by atoms with Crippen molar-refractivity contribution in [2.45, 2.75) is 46.2 Å². The van der Waals surface area contributed by atoms with Gasteiger partial charge in [0.25, 0.3) is 0 Å². The highest BCUT2D eigenvalue weighted by atomic mass is 16.3. The second kappa shape index (κ2) is 11.9. The molecule has 0 amide bonds. The van der Waals surface area contributed by atoms with Gasteiger partial charge >= 0.3 is 0 Å². The number of hydrogen-bond donors (Lipinski definition) is 4. The predicted octanol–water partition coefficient (Wildman–Crippen LogP) is 0.344. The molecule has 0 heterocycles. The van der Waals surface area contributed by atoms with Crippen molar-refractivity contribution < 1.29 is 10.2 Å². The summed E-state index contributed by atoms with van der Waals surface area (Å²) in [5.41, 5.74) is 0. The van der Waals surface area contributed by atoms with E-state index in [9.17, 15) is 0 Å². The summed E-state index contributed by atoms with van der Waals surface area (Å²) >= 11 is 0. The second-order valence-corrected chi connectivity index (χ2v) is 3.48. The Morgan fingerprint density at radius 3 is 1.40 bits per heavy atom. The van der Waals surface area contributed by atoms with Crippen molar-refractivity contribution in [3.8, 4) is 0 Å². The molecule has 0 aliphatic carbocycles. The maximum absolute atomic E-state index is 8.90. The van der Waals surface area contributed by atoms with Crippen LogP contribution in [-0.4, -0.2) is 48.6 Å². The molecule has 4 nitrogen and oxygen atoms in total. The Balaban J connectivity index is 0.